The number of carboxylic acids is 2. The van der Waals surface area contributed by atoms with Crippen LogP contribution in [0.25, 0.3) is 0 Å². The van der Waals surface area contributed by atoms with Gasteiger partial charge in [-0.3, -0.25) is 28.8 Å². The first kappa shape index (κ1) is 58.2. The number of allylic oxidation sites excluding steroid dienone is 2. The van der Waals surface area contributed by atoms with Crippen molar-refractivity contribution >= 4 is 35.7 Å². The first-order valence-electron chi connectivity index (χ1n) is 23.9. The topological polar surface area (TPSA) is 226 Å². The van der Waals surface area contributed by atoms with Crippen LogP contribution in [-0.2, 0) is 38.2 Å². The summed E-state index contributed by atoms with van der Waals surface area (Å²) in [5.41, 5.74) is 0. The van der Waals surface area contributed by atoms with Gasteiger partial charge >= 0.3 is 23.9 Å². The summed E-state index contributed by atoms with van der Waals surface area (Å²) in [6.45, 7) is 4.98. The maximum absolute atomic E-state index is 12.2. The lowest BCUT2D eigenvalue weighted by atomic mass is 10.0. The van der Waals surface area contributed by atoms with E-state index in [1.165, 1.54) is 0 Å². The molecule has 6 N–H and O–H groups in total. The van der Waals surface area contributed by atoms with Crippen molar-refractivity contribution in [3.05, 3.63) is 24.3 Å². The number of nitrogens with one attached hydrogen (secondary N) is 2. The fourth-order valence-electron chi connectivity index (χ4n) is 6.82. The monoisotopic (exact) mass is 881 g/mol. The van der Waals surface area contributed by atoms with Gasteiger partial charge in [-0.2, -0.15) is 0 Å². The molecular weight excluding hydrogens is 797 g/mol. The van der Waals surface area contributed by atoms with E-state index < -0.39 is 48.3 Å². The lowest BCUT2D eigenvalue weighted by Gasteiger charge is -2.22. The van der Waals surface area contributed by atoms with Gasteiger partial charge in [-0.05, 0) is 89.9 Å². The second-order valence-corrected chi connectivity index (χ2v) is 16.4. The number of unbranched alkanes of at least 4 members (excludes halogenated alkanes) is 14. The van der Waals surface area contributed by atoms with E-state index in [1.54, 1.807) is 0 Å². The molecule has 0 aliphatic rings. The molecule has 0 aromatic heterocycles. The Hall–Kier alpha value is -3.78. The highest BCUT2D eigenvalue weighted by molar-refractivity contribution is 5.77. The predicted octanol–water partition coefficient (Wildman–Crippen LogP) is 8.79. The van der Waals surface area contributed by atoms with Crippen molar-refractivity contribution in [1.82, 2.24) is 10.6 Å². The summed E-state index contributed by atoms with van der Waals surface area (Å²) in [5, 5.41) is 44.6. The summed E-state index contributed by atoms with van der Waals surface area (Å²) in [6, 6.07) is 0. The molecule has 358 valence electrons. The largest absolute Gasteiger partial charge is 0.481 e. The first-order chi connectivity index (χ1) is 29.9. The minimum atomic E-state index is -0.949. The third-order valence-corrected chi connectivity index (χ3v) is 10.6. The van der Waals surface area contributed by atoms with Crippen molar-refractivity contribution in [2.75, 3.05) is 13.1 Å². The molecule has 0 radical (unpaired) electrons. The Morgan fingerprint density at radius 2 is 0.823 bits per heavy atom. The zero-order chi connectivity index (χ0) is 46.1. The van der Waals surface area contributed by atoms with E-state index in [9.17, 15) is 39.0 Å². The Bertz CT molecular complexity index is 1160. The summed E-state index contributed by atoms with van der Waals surface area (Å²) in [5.74, 6) is -2.85. The van der Waals surface area contributed by atoms with Crippen molar-refractivity contribution < 1.29 is 58.7 Å². The van der Waals surface area contributed by atoms with Crippen molar-refractivity contribution in [3.8, 4) is 0 Å². The molecule has 0 saturated heterocycles. The number of carboxylic acid groups (broad SMARTS) is 2. The van der Waals surface area contributed by atoms with Gasteiger partial charge in [0.05, 0.1) is 12.2 Å². The van der Waals surface area contributed by atoms with Crippen LogP contribution in [0.1, 0.15) is 206 Å². The Labute approximate surface area is 372 Å². The van der Waals surface area contributed by atoms with E-state index in [0.29, 0.717) is 51.6 Å². The molecule has 4 atom stereocenters. The number of hydrogen-bond donors (Lipinski definition) is 6. The van der Waals surface area contributed by atoms with E-state index in [2.05, 4.69) is 24.5 Å². The Morgan fingerprint density at radius 1 is 0.452 bits per heavy atom. The van der Waals surface area contributed by atoms with Gasteiger partial charge in [0, 0.05) is 51.6 Å². The van der Waals surface area contributed by atoms with Crippen LogP contribution in [0.5, 0.6) is 0 Å². The lowest BCUT2D eigenvalue weighted by molar-refractivity contribution is -0.156. The van der Waals surface area contributed by atoms with Crippen molar-refractivity contribution in [2.45, 2.75) is 231 Å². The molecule has 0 rings (SSSR count). The molecule has 0 bridgehead atoms. The summed E-state index contributed by atoms with van der Waals surface area (Å²) >= 11 is 0. The van der Waals surface area contributed by atoms with Gasteiger partial charge in [0.25, 0.3) is 0 Å². The average Bonchev–Trinajstić information content (AvgIpc) is 3.22. The van der Waals surface area contributed by atoms with E-state index in [-0.39, 0.29) is 50.3 Å². The highest BCUT2D eigenvalue weighted by Gasteiger charge is 2.23. The van der Waals surface area contributed by atoms with Crippen LogP contribution in [0.4, 0.5) is 0 Å². The molecule has 0 heterocycles. The number of rotatable bonds is 43. The van der Waals surface area contributed by atoms with Gasteiger partial charge in [-0.1, -0.05) is 102 Å². The third-order valence-electron chi connectivity index (χ3n) is 10.6. The molecule has 0 spiro atoms. The number of aliphatic carboxylic acids is 2. The minimum Gasteiger partial charge on any atom is -0.481 e. The second-order valence-electron chi connectivity index (χ2n) is 16.4. The number of esters is 2. The molecule has 0 aliphatic carbocycles. The SMILES string of the molecule is CCCCCC(OC(=O)CCCC(=O)O)C(O)CC=CCCCCCCCC(=O)NCCNC(=O)CCCCCCCC=CCC(O)C(CCCCC)OC(=O)CCCC(=O)O. The quantitative estimate of drug-likeness (QED) is 0.0192. The van der Waals surface area contributed by atoms with E-state index in [4.69, 9.17) is 19.7 Å². The van der Waals surface area contributed by atoms with Crippen molar-refractivity contribution in [3.63, 3.8) is 0 Å². The Balaban J connectivity index is 3.94. The van der Waals surface area contributed by atoms with Crippen LogP contribution in [0.3, 0.4) is 0 Å². The number of aliphatic hydroxyl groups is 2. The fourth-order valence-corrected chi connectivity index (χ4v) is 6.82. The van der Waals surface area contributed by atoms with Crippen LogP contribution in [0, 0.1) is 0 Å². The smallest absolute Gasteiger partial charge is 0.306 e. The number of aliphatic hydroxyl groups excluding tert-OH is 2. The summed E-state index contributed by atoms with van der Waals surface area (Å²) in [7, 11) is 0. The molecule has 14 nitrogen and oxygen atoms in total. The molecule has 0 aromatic rings. The molecule has 4 unspecified atom stereocenters. The van der Waals surface area contributed by atoms with Gasteiger partial charge in [-0.25, -0.2) is 0 Å². The van der Waals surface area contributed by atoms with Gasteiger partial charge < -0.3 is 40.5 Å². The maximum Gasteiger partial charge on any atom is 0.306 e. The predicted molar refractivity (Wildman–Crippen MR) is 241 cm³/mol. The number of amides is 2. The van der Waals surface area contributed by atoms with Crippen LogP contribution in [0.15, 0.2) is 24.3 Å². The molecule has 2 amide bonds. The lowest BCUT2D eigenvalue weighted by Crippen LogP contribution is -2.34. The summed E-state index contributed by atoms with van der Waals surface area (Å²) < 4.78 is 11.0. The third kappa shape index (κ3) is 37.9. The van der Waals surface area contributed by atoms with E-state index >= 15 is 0 Å². The number of hydrogen-bond acceptors (Lipinski definition) is 10. The second kappa shape index (κ2) is 41.2. The standard InChI is InChI=1S/C48H84N2O12/c1-3-5-19-29-41(61-47(59)35-25-33-45(55)56)39(51)27-21-15-11-7-9-13-17-23-31-43(53)49-37-38-50-44(54)32-24-18-14-10-8-12-16-22-28-40(52)42(30-20-6-4-2)62-48(60)36-26-34-46(57)58/h15-16,21-22,39-42,51-52H,3-14,17-20,23-38H2,1-2H3,(H,49,53)(H,50,54)(H,55,56)(H,57,58). The van der Waals surface area contributed by atoms with E-state index in [0.717, 1.165) is 116 Å². The van der Waals surface area contributed by atoms with Gasteiger partial charge in [0.2, 0.25) is 11.8 Å². The van der Waals surface area contributed by atoms with Crippen molar-refractivity contribution in [1.29, 1.82) is 0 Å². The van der Waals surface area contributed by atoms with Gasteiger partial charge in [0.15, 0.2) is 0 Å². The Morgan fingerprint density at radius 3 is 1.19 bits per heavy atom. The van der Waals surface area contributed by atoms with Crippen molar-refractivity contribution in [2.24, 2.45) is 0 Å². The van der Waals surface area contributed by atoms with Gasteiger partial charge in [-0.15, -0.1) is 0 Å². The normalized spacial score (nSPS) is 13.4. The molecule has 62 heavy (non-hydrogen) atoms. The first-order valence-corrected chi connectivity index (χ1v) is 23.9. The molecule has 0 aliphatic heterocycles. The molecule has 0 fully saturated rings. The molecule has 0 saturated carbocycles. The van der Waals surface area contributed by atoms with E-state index in [1.807, 2.05) is 24.3 Å². The average molecular weight is 881 g/mol. The summed E-state index contributed by atoms with van der Waals surface area (Å²) in [6.07, 6.45) is 25.5. The maximum atomic E-state index is 12.2. The fraction of sp³-hybridized carbons (Fsp3) is 0.792. The number of carbonyl (C=O) groups excluding carboxylic acids is 4. The highest BCUT2D eigenvalue weighted by atomic mass is 16.6. The van der Waals surface area contributed by atoms with Crippen LogP contribution < -0.4 is 10.6 Å². The van der Waals surface area contributed by atoms with Crippen LogP contribution >= 0.6 is 0 Å². The molecule has 0 aromatic carbocycles. The van der Waals surface area contributed by atoms with Gasteiger partial charge in [0.1, 0.15) is 12.2 Å². The highest BCUT2D eigenvalue weighted by Crippen LogP contribution is 2.18. The number of carbonyl (C=O) groups is 6. The molecular formula is C48H84N2O12. The van der Waals surface area contributed by atoms with Crippen LogP contribution in [0.2, 0.25) is 0 Å². The summed E-state index contributed by atoms with van der Waals surface area (Å²) in [4.78, 5) is 70.1. The Kier molecular flexibility index (Phi) is 38.7. The van der Waals surface area contributed by atoms with Crippen LogP contribution in [-0.4, -0.2) is 93.6 Å². The number of ether oxygens (including phenoxy) is 2. The minimum absolute atomic E-state index is 0.00969. The zero-order valence-corrected chi connectivity index (χ0v) is 38.3. The molecule has 14 heteroatoms. The zero-order valence-electron chi connectivity index (χ0n) is 38.3.